The van der Waals surface area contributed by atoms with Crippen LogP contribution < -0.4 is 4.74 Å². The van der Waals surface area contributed by atoms with Gasteiger partial charge in [0.2, 0.25) is 0 Å². The molecule has 0 saturated heterocycles. The number of hydrogen-bond donors (Lipinski definition) is 0. The van der Waals surface area contributed by atoms with Gasteiger partial charge in [0, 0.05) is 27.8 Å². The molecule has 56 heavy (non-hydrogen) atoms. The van der Waals surface area contributed by atoms with Crippen molar-refractivity contribution in [1.82, 2.24) is 9.97 Å². The third-order valence-electron chi connectivity index (χ3n) is 11.4. The SMILES string of the molecule is c1ccc(-c2cc(-c3ccccc3-c3ccccc3)nc(-c3ccc(-c4ccc5c(c4)C4(c6ccccc6O5)c5ccccc5-c5ccccc54)cc3)n2)cc1. The standard InChI is InChI=1S/C53H34N2O/c1-3-15-36(16-4-1)40-19-7-8-22-43(40)49-34-48(37-17-5-2-6-18-37)54-52(55-49)38-29-27-35(28-30-38)39-31-32-51-47(33-39)53(46-25-13-14-26-50(46)56-51)44-23-11-9-20-41(44)42-21-10-12-24-45(42)53/h1-34H. The van der Waals surface area contributed by atoms with Crippen LogP contribution in [0.1, 0.15) is 22.3 Å². The number of ether oxygens (including phenoxy) is 1. The van der Waals surface area contributed by atoms with E-state index in [1.54, 1.807) is 0 Å². The molecule has 1 aromatic heterocycles. The summed E-state index contributed by atoms with van der Waals surface area (Å²) in [5.41, 5.74) is 16.3. The third kappa shape index (κ3) is 4.98. The predicted molar refractivity (Wildman–Crippen MR) is 227 cm³/mol. The Morgan fingerprint density at radius 2 is 0.804 bits per heavy atom. The molecule has 0 unspecified atom stereocenters. The highest BCUT2D eigenvalue weighted by Crippen LogP contribution is 2.62. The van der Waals surface area contributed by atoms with Crippen molar-refractivity contribution in [2.45, 2.75) is 5.41 Å². The summed E-state index contributed by atoms with van der Waals surface area (Å²) in [7, 11) is 0. The van der Waals surface area contributed by atoms with Gasteiger partial charge in [-0.1, -0.05) is 182 Å². The maximum Gasteiger partial charge on any atom is 0.160 e. The highest BCUT2D eigenvalue weighted by molar-refractivity contribution is 5.89. The second-order valence-corrected chi connectivity index (χ2v) is 14.5. The molecule has 0 atom stereocenters. The number of rotatable bonds is 5. The van der Waals surface area contributed by atoms with Crippen molar-refractivity contribution in [3.63, 3.8) is 0 Å². The minimum absolute atomic E-state index is 0.508. The maximum absolute atomic E-state index is 6.68. The van der Waals surface area contributed by atoms with Crippen molar-refractivity contribution in [3.05, 3.63) is 229 Å². The lowest BCUT2D eigenvalue weighted by molar-refractivity contribution is 0.436. The molecule has 0 N–H and O–H groups in total. The van der Waals surface area contributed by atoms with Crippen molar-refractivity contribution in [2.75, 3.05) is 0 Å². The van der Waals surface area contributed by atoms with Gasteiger partial charge >= 0.3 is 0 Å². The Morgan fingerprint density at radius 1 is 0.304 bits per heavy atom. The molecular formula is C53H34N2O. The predicted octanol–water partition coefficient (Wildman–Crippen LogP) is 13.3. The summed E-state index contributed by atoms with van der Waals surface area (Å²) in [4.78, 5) is 10.4. The molecule has 1 spiro atoms. The largest absolute Gasteiger partial charge is 0.457 e. The molecule has 8 aromatic carbocycles. The summed E-state index contributed by atoms with van der Waals surface area (Å²) in [6.45, 7) is 0. The van der Waals surface area contributed by atoms with Crippen LogP contribution in [0.3, 0.4) is 0 Å². The molecular weight excluding hydrogens is 681 g/mol. The summed E-state index contributed by atoms with van der Waals surface area (Å²) in [6, 6.07) is 73.0. The molecule has 3 heteroatoms. The first kappa shape index (κ1) is 32.1. The van der Waals surface area contributed by atoms with Crippen LogP contribution in [-0.2, 0) is 5.41 Å². The van der Waals surface area contributed by atoms with E-state index in [4.69, 9.17) is 14.7 Å². The summed E-state index contributed by atoms with van der Waals surface area (Å²) in [5, 5.41) is 0. The van der Waals surface area contributed by atoms with Crippen LogP contribution >= 0.6 is 0 Å². The first-order valence-corrected chi connectivity index (χ1v) is 19.1. The minimum atomic E-state index is -0.508. The lowest BCUT2D eigenvalue weighted by Crippen LogP contribution is -2.32. The zero-order chi connectivity index (χ0) is 37.1. The van der Waals surface area contributed by atoms with E-state index in [1.165, 1.54) is 22.3 Å². The number of benzene rings is 8. The van der Waals surface area contributed by atoms with Crippen molar-refractivity contribution in [3.8, 4) is 78.8 Å². The van der Waals surface area contributed by atoms with E-state index >= 15 is 0 Å². The van der Waals surface area contributed by atoms with E-state index < -0.39 is 5.41 Å². The Balaban J connectivity index is 1.04. The molecule has 0 radical (unpaired) electrons. The second-order valence-electron chi connectivity index (χ2n) is 14.5. The molecule has 3 nitrogen and oxygen atoms in total. The van der Waals surface area contributed by atoms with Crippen LogP contribution in [0.15, 0.2) is 206 Å². The van der Waals surface area contributed by atoms with Gasteiger partial charge in [0.25, 0.3) is 0 Å². The Bertz CT molecular complexity index is 2890. The zero-order valence-electron chi connectivity index (χ0n) is 30.4. The van der Waals surface area contributed by atoms with E-state index in [1.807, 2.05) is 12.1 Å². The van der Waals surface area contributed by atoms with Gasteiger partial charge in [-0.2, -0.15) is 0 Å². The first-order chi connectivity index (χ1) is 27.8. The van der Waals surface area contributed by atoms with Crippen molar-refractivity contribution < 1.29 is 4.74 Å². The average Bonchev–Trinajstić information content (AvgIpc) is 3.57. The Kier molecular flexibility index (Phi) is 7.39. The van der Waals surface area contributed by atoms with Gasteiger partial charge in [-0.3, -0.25) is 0 Å². The lowest BCUT2D eigenvalue weighted by Gasteiger charge is -2.39. The molecule has 0 amide bonds. The molecule has 2 heterocycles. The van der Waals surface area contributed by atoms with Gasteiger partial charge < -0.3 is 4.74 Å². The molecule has 0 saturated carbocycles. The fourth-order valence-corrected chi connectivity index (χ4v) is 8.89. The highest BCUT2D eigenvalue weighted by Gasteiger charge is 2.51. The topological polar surface area (TPSA) is 35.0 Å². The fraction of sp³-hybridized carbons (Fsp3) is 0.0189. The third-order valence-corrected chi connectivity index (χ3v) is 11.4. The van der Waals surface area contributed by atoms with Crippen LogP contribution in [0.4, 0.5) is 0 Å². The van der Waals surface area contributed by atoms with Gasteiger partial charge in [-0.25, -0.2) is 9.97 Å². The first-order valence-electron chi connectivity index (χ1n) is 19.1. The normalized spacial score (nSPS) is 12.9. The molecule has 1 aliphatic carbocycles. The van der Waals surface area contributed by atoms with Crippen molar-refractivity contribution >= 4 is 0 Å². The quantitative estimate of drug-likeness (QED) is 0.178. The van der Waals surface area contributed by atoms with Gasteiger partial charge in [0.15, 0.2) is 5.82 Å². The summed E-state index contributed by atoms with van der Waals surface area (Å²) in [6.07, 6.45) is 0. The lowest BCUT2D eigenvalue weighted by atomic mass is 9.66. The Morgan fingerprint density at radius 3 is 1.50 bits per heavy atom. The zero-order valence-corrected chi connectivity index (χ0v) is 30.4. The van der Waals surface area contributed by atoms with E-state index in [9.17, 15) is 0 Å². The number of nitrogens with zero attached hydrogens (tertiary/aromatic N) is 2. The molecule has 2 aliphatic rings. The van der Waals surface area contributed by atoms with E-state index in [0.717, 1.165) is 73.0 Å². The summed E-state index contributed by atoms with van der Waals surface area (Å²) in [5.74, 6) is 2.46. The van der Waals surface area contributed by atoms with Crippen LogP contribution in [0.25, 0.3) is 67.3 Å². The van der Waals surface area contributed by atoms with Crippen LogP contribution in [0.2, 0.25) is 0 Å². The Hall–Kier alpha value is -7.36. The van der Waals surface area contributed by atoms with Crippen molar-refractivity contribution in [1.29, 1.82) is 0 Å². The Labute approximate surface area is 326 Å². The van der Waals surface area contributed by atoms with Crippen LogP contribution in [0, 0.1) is 0 Å². The van der Waals surface area contributed by atoms with Crippen LogP contribution in [-0.4, -0.2) is 9.97 Å². The number of hydrogen-bond acceptors (Lipinski definition) is 3. The molecule has 1 aliphatic heterocycles. The van der Waals surface area contributed by atoms with Crippen molar-refractivity contribution in [2.24, 2.45) is 0 Å². The highest BCUT2D eigenvalue weighted by atomic mass is 16.5. The maximum atomic E-state index is 6.68. The smallest absolute Gasteiger partial charge is 0.160 e. The number of fused-ring (bicyclic) bond motifs is 9. The van der Waals surface area contributed by atoms with Crippen LogP contribution in [0.5, 0.6) is 11.5 Å². The molecule has 0 bridgehead atoms. The average molecular weight is 715 g/mol. The van der Waals surface area contributed by atoms with Gasteiger partial charge in [0.1, 0.15) is 11.5 Å². The number of para-hydroxylation sites is 1. The number of aromatic nitrogens is 2. The molecule has 9 aromatic rings. The fourth-order valence-electron chi connectivity index (χ4n) is 8.89. The van der Waals surface area contributed by atoms with Gasteiger partial charge in [0.05, 0.1) is 16.8 Å². The van der Waals surface area contributed by atoms with Gasteiger partial charge in [-0.15, -0.1) is 0 Å². The summed E-state index contributed by atoms with van der Waals surface area (Å²) >= 11 is 0. The van der Waals surface area contributed by atoms with E-state index in [0.29, 0.717) is 5.82 Å². The second kappa shape index (κ2) is 12.9. The molecule has 11 rings (SSSR count). The van der Waals surface area contributed by atoms with E-state index in [2.05, 4.69) is 194 Å². The molecule has 262 valence electrons. The summed E-state index contributed by atoms with van der Waals surface area (Å²) < 4.78 is 6.68. The van der Waals surface area contributed by atoms with E-state index in [-0.39, 0.29) is 0 Å². The monoisotopic (exact) mass is 714 g/mol. The van der Waals surface area contributed by atoms with Gasteiger partial charge in [-0.05, 0) is 68.8 Å². The molecule has 0 fully saturated rings. The minimum Gasteiger partial charge on any atom is -0.457 e.